The van der Waals surface area contributed by atoms with E-state index in [0.717, 1.165) is 16.2 Å². The van der Waals surface area contributed by atoms with Crippen LogP contribution in [0.5, 0.6) is 0 Å². The van der Waals surface area contributed by atoms with Crippen LogP contribution in [0, 0.1) is 11.3 Å². The number of nitrogens with zero attached hydrogens (tertiary/aromatic N) is 1. The molecule has 0 fully saturated rings. The van der Waals surface area contributed by atoms with E-state index in [1.807, 2.05) is 48.5 Å². The quantitative estimate of drug-likeness (QED) is 0.632. The molecule has 4 nitrogen and oxygen atoms in total. The summed E-state index contributed by atoms with van der Waals surface area (Å²) in [5, 5.41) is 8.97. The van der Waals surface area contributed by atoms with Crippen LogP contribution in [0.2, 0.25) is 0 Å². The number of sulfonamides is 1. The van der Waals surface area contributed by atoms with Gasteiger partial charge in [-0.3, -0.25) is 4.72 Å². The SMILES string of the molecule is N#Cc1cccc(S(=O)(=O)Nc2ccccc2SCc2ccccc2)c1. The van der Waals surface area contributed by atoms with E-state index < -0.39 is 10.0 Å². The van der Waals surface area contributed by atoms with Crippen molar-refractivity contribution >= 4 is 27.5 Å². The van der Waals surface area contributed by atoms with Gasteiger partial charge in [-0.05, 0) is 35.9 Å². The Kier molecular flexibility index (Phi) is 5.61. The summed E-state index contributed by atoms with van der Waals surface area (Å²) in [5.41, 5.74) is 1.99. The fourth-order valence-electron chi connectivity index (χ4n) is 2.35. The Morgan fingerprint density at radius 3 is 2.42 bits per heavy atom. The number of hydrogen-bond donors (Lipinski definition) is 1. The van der Waals surface area contributed by atoms with E-state index in [2.05, 4.69) is 4.72 Å². The van der Waals surface area contributed by atoms with Gasteiger partial charge in [0.1, 0.15) is 0 Å². The third-order valence-corrected chi connectivity index (χ3v) is 6.15. The number of para-hydroxylation sites is 1. The van der Waals surface area contributed by atoms with Crippen LogP contribution in [0.15, 0.2) is 88.7 Å². The second-order valence-electron chi connectivity index (χ2n) is 5.52. The van der Waals surface area contributed by atoms with Crippen molar-refractivity contribution in [1.82, 2.24) is 0 Å². The van der Waals surface area contributed by atoms with Crippen molar-refractivity contribution in [3.8, 4) is 6.07 Å². The molecule has 6 heteroatoms. The molecule has 0 aliphatic rings. The summed E-state index contributed by atoms with van der Waals surface area (Å²) in [6.45, 7) is 0. The molecule has 0 atom stereocenters. The molecule has 0 saturated carbocycles. The minimum atomic E-state index is -3.77. The van der Waals surface area contributed by atoms with Gasteiger partial charge in [-0.2, -0.15) is 5.26 Å². The molecule has 130 valence electrons. The number of anilines is 1. The molecule has 0 heterocycles. The van der Waals surface area contributed by atoms with Crippen LogP contribution in [-0.2, 0) is 15.8 Å². The molecule has 0 unspecified atom stereocenters. The lowest BCUT2D eigenvalue weighted by molar-refractivity contribution is 0.601. The van der Waals surface area contributed by atoms with Gasteiger partial charge in [-0.15, -0.1) is 11.8 Å². The lowest BCUT2D eigenvalue weighted by Crippen LogP contribution is -2.13. The van der Waals surface area contributed by atoms with Gasteiger partial charge in [0.15, 0.2) is 0 Å². The Bertz CT molecular complexity index is 1040. The molecule has 0 spiro atoms. The van der Waals surface area contributed by atoms with E-state index in [1.165, 1.54) is 12.1 Å². The summed E-state index contributed by atoms with van der Waals surface area (Å²) >= 11 is 1.56. The van der Waals surface area contributed by atoms with Gasteiger partial charge in [-0.1, -0.05) is 48.5 Å². The molecule has 0 aromatic heterocycles. The molecule has 0 amide bonds. The van der Waals surface area contributed by atoms with Crippen molar-refractivity contribution in [2.24, 2.45) is 0 Å². The second kappa shape index (κ2) is 8.09. The number of benzene rings is 3. The van der Waals surface area contributed by atoms with Crippen LogP contribution in [0.3, 0.4) is 0 Å². The fraction of sp³-hybridized carbons (Fsp3) is 0.0500. The van der Waals surface area contributed by atoms with E-state index in [4.69, 9.17) is 5.26 Å². The van der Waals surface area contributed by atoms with Crippen molar-refractivity contribution < 1.29 is 8.42 Å². The summed E-state index contributed by atoms with van der Waals surface area (Å²) in [6.07, 6.45) is 0. The number of hydrogen-bond acceptors (Lipinski definition) is 4. The Labute approximate surface area is 157 Å². The lowest BCUT2D eigenvalue weighted by atomic mass is 10.2. The van der Waals surface area contributed by atoms with Gasteiger partial charge >= 0.3 is 0 Å². The van der Waals surface area contributed by atoms with Crippen molar-refractivity contribution in [2.75, 3.05) is 4.72 Å². The minimum absolute atomic E-state index is 0.0689. The standard InChI is InChI=1S/C20H16N2O2S2/c21-14-17-9-6-10-18(13-17)26(23,24)22-19-11-4-5-12-20(19)25-15-16-7-2-1-3-8-16/h1-13,22H,15H2. The van der Waals surface area contributed by atoms with Crippen LogP contribution in [0.1, 0.15) is 11.1 Å². The molecule has 3 aromatic rings. The van der Waals surface area contributed by atoms with Crippen LogP contribution < -0.4 is 4.72 Å². The maximum Gasteiger partial charge on any atom is 0.261 e. The topological polar surface area (TPSA) is 70.0 Å². The molecule has 0 saturated heterocycles. The van der Waals surface area contributed by atoms with Gasteiger partial charge in [0.2, 0.25) is 0 Å². The van der Waals surface area contributed by atoms with Gasteiger partial charge in [0.05, 0.1) is 22.2 Å². The Morgan fingerprint density at radius 1 is 0.923 bits per heavy atom. The Hall–Kier alpha value is -2.75. The van der Waals surface area contributed by atoms with Crippen LogP contribution in [-0.4, -0.2) is 8.42 Å². The van der Waals surface area contributed by atoms with Crippen LogP contribution >= 0.6 is 11.8 Å². The first kappa shape index (κ1) is 18.1. The van der Waals surface area contributed by atoms with Crippen molar-refractivity contribution in [3.05, 3.63) is 90.0 Å². The molecule has 0 bridgehead atoms. The lowest BCUT2D eigenvalue weighted by Gasteiger charge is -2.12. The molecule has 0 aliphatic carbocycles. The number of nitrogens with one attached hydrogen (secondary N) is 1. The van der Waals surface area contributed by atoms with Crippen LogP contribution in [0.4, 0.5) is 5.69 Å². The summed E-state index contributed by atoms with van der Waals surface area (Å²) in [7, 11) is -3.77. The molecule has 26 heavy (non-hydrogen) atoms. The van der Waals surface area contributed by atoms with Crippen molar-refractivity contribution in [3.63, 3.8) is 0 Å². The first-order valence-electron chi connectivity index (χ1n) is 7.87. The molecular weight excluding hydrogens is 364 g/mol. The first-order valence-corrected chi connectivity index (χ1v) is 10.3. The Balaban J connectivity index is 1.82. The highest BCUT2D eigenvalue weighted by atomic mass is 32.2. The summed E-state index contributed by atoms with van der Waals surface area (Å²) < 4.78 is 28.0. The second-order valence-corrected chi connectivity index (χ2v) is 8.22. The third kappa shape index (κ3) is 4.45. The maximum absolute atomic E-state index is 12.7. The van der Waals surface area contributed by atoms with Gasteiger partial charge in [0.25, 0.3) is 10.0 Å². The predicted octanol–water partition coefficient (Wildman–Crippen LogP) is 4.65. The van der Waals surface area contributed by atoms with Gasteiger partial charge in [0, 0.05) is 10.6 Å². The van der Waals surface area contributed by atoms with E-state index in [1.54, 1.807) is 36.0 Å². The molecule has 0 aliphatic heterocycles. The zero-order valence-corrected chi connectivity index (χ0v) is 15.4. The third-order valence-electron chi connectivity index (χ3n) is 3.64. The monoisotopic (exact) mass is 380 g/mol. The minimum Gasteiger partial charge on any atom is -0.278 e. The highest BCUT2D eigenvalue weighted by Gasteiger charge is 2.16. The zero-order valence-electron chi connectivity index (χ0n) is 13.8. The summed E-state index contributed by atoms with van der Waals surface area (Å²) in [6, 6.07) is 25.2. The Morgan fingerprint density at radius 2 is 1.65 bits per heavy atom. The highest BCUT2D eigenvalue weighted by Crippen LogP contribution is 2.31. The van der Waals surface area contributed by atoms with Crippen molar-refractivity contribution in [2.45, 2.75) is 15.5 Å². The molecule has 3 aromatic carbocycles. The van der Waals surface area contributed by atoms with E-state index >= 15 is 0 Å². The number of rotatable bonds is 6. The number of nitriles is 1. The van der Waals surface area contributed by atoms with E-state index in [0.29, 0.717) is 11.3 Å². The maximum atomic E-state index is 12.7. The fourth-order valence-corrected chi connectivity index (χ4v) is 4.50. The van der Waals surface area contributed by atoms with E-state index in [9.17, 15) is 8.42 Å². The first-order chi connectivity index (χ1) is 12.6. The average Bonchev–Trinajstić information content (AvgIpc) is 2.68. The van der Waals surface area contributed by atoms with Crippen LogP contribution in [0.25, 0.3) is 0 Å². The molecular formula is C20H16N2O2S2. The highest BCUT2D eigenvalue weighted by molar-refractivity contribution is 7.98. The largest absolute Gasteiger partial charge is 0.278 e. The number of thioether (sulfide) groups is 1. The van der Waals surface area contributed by atoms with Crippen molar-refractivity contribution in [1.29, 1.82) is 5.26 Å². The molecule has 3 rings (SSSR count). The zero-order chi connectivity index (χ0) is 18.4. The van der Waals surface area contributed by atoms with E-state index in [-0.39, 0.29) is 4.90 Å². The average molecular weight is 380 g/mol. The predicted molar refractivity (Wildman–Crippen MR) is 104 cm³/mol. The van der Waals surface area contributed by atoms with Gasteiger partial charge in [-0.25, -0.2) is 8.42 Å². The van der Waals surface area contributed by atoms with Gasteiger partial charge < -0.3 is 0 Å². The normalized spacial score (nSPS) is 10.9. The molecule has 0 radical (unpaired) electrons. The summed E-state index contributed by atoms with van der Waals surface area (Å²) in [4.78, 5) is 0.913. The summed E-state index contributed by atoms with van der Waals surface area (Å²) in [5.74, 6) is 0.740. The molecule has 1 N–H and O–H groups in total. The smallest absolute Gasteiger partial charge is 0.261 e.